The molecule has 0 saturated carbocycles. The molecule has 6 heteroatoms. The van der Waals surface area contributed by atoms with Crippen LogP contribution in [0.15, 0.2) is 12.1 Å². The number of nitrogens with one attached hydrogen (secondary N) is 1. The molecule has 0 aliphatic heterocycles. The second-order valence-corrected chi connectivity index (χ2v) is 5.29. The van der Waals surface area contributed by atoms with E-state index in [-0.39, 0.29) is 5.15 Å². The van der Waals surface area contributed by atoms with Gasteiger partial charge in [-0.1, -0.05) is 18.5 Å². The maximum Gasteiger partial charge on any atom is 0.132 e. The summed E-state index contributed by atoms with van der Waals surface area (Å²) in [5.41, 5.74) is 0.458. The highest BCUT2D eigenvalue weighted by Crippen LogP contribution is 2.13. The second-order valence-electron chi connectivity index (χ2n) is 3.03. The van der Waals surface area contributed by atoms with Crippen molar-refractivity contribution in [2.24, 2.45) is 0 Å². The van der Waals surface area contributed by atoms with Gasteiger partial charge in [0.15, 0.2) is 0 Å². The van der Waals surface area contributed by atoms with Gasteiger partial charge in [-0.25, -0.2) is 4.98 Å². The summed E-state index contributed by atoms with van der Waals surface area (Å²) in [5.74, 6) is 1.75. The van der Waals surface area contributed by atoms with Crippen molar-refractivity contribution in [1.82, 2.24) is 4.98 Å². The van der Waals surface area contributed by atoms with Crippen LogP contribution < -0.4 is 5.32 Å². The number of hydrogen-bond acceptors (Lipinski definition) is 4. The molecule has 0 saturated heterocycles. The smallest absolute Gasteiger partial charge is 0.132 e. The van der Waals surface area contributed by atoms with E-state index < -0.39 is 10.8 Å². The minimum Gasteiger partial charge on any atom is -0.369 e. The number of halogens is 1. The highest BCUT2D eigenvalue weighted by Gasteiger charge is 2.01. The third-order valence-electron chi connectivity index (χ3n) is 1.88. The van der Waals surface area contributed by atoms with Gasteiger partial charge in [0.25, 0.3) is 0 Å². The molecule has 0 fully saturated rings. The first-order valence-electron chi connectivity index (χ1n) is 4.82. The van der Waals surface area contributed by atoms with Crippen LogP contribution in [-0.4, -0.2) is 27.2 Å². The molecule has 86 valence electrons. The molecule has 0 aliphatic carbocycles. The van der Waals surface area contributed by atoms with Crippen molar-refractivity contribution < 1.29 is 4.21 Å². The molecule has 4 nitrogen and oxygen atoms in total. The van der Waals surface area contributed by atoms with E-state index in [2.05, 4.69) is 10.3 Å². The maximum atomic E-state index is 11.2. The van der Waals surface area contributed by atoms with Gasteiger partial charge in [-0.2, -0.15) is 5.26 Å². The molecule has 1 aromatic rings. The van der Waals surface area contributed by atoms with Gasteiger partial charge in [0.1, 0.15) is 11.0 Å². The van der Waals surface area contributed by atoms with E-state index in [0.29, 0.717) is 29.4 Å². The minimum absolute atomic E-state index is 0.276. The van der Waals surface area contributed by atoms with Gasteiger partial charge in [0, 0.05) is 28.9 Å². The standard InChI is InChI=1S/C10H12ClN3OS/c1-2-16(15)4-3-13-10-6-8(7-12)5-9(11)14-10/h5-6H,2-4H2,1H3,(H,13,14). The Kier molecular flexibility index (Phi) is 5.23. The highest BCUT2D eigenvalue weighted by molar-refractivity contribution is 7.84. The van der Waals surface area contributed by atoms with Crippen LogP contribution in [-0.2, 0) is 10.8 Å². The van der Waals surface area contributed by atoms with Crippen LogP contribution in [0, 0.1) is 11.3 Å². The summed E-state index contributed by atoms with van der Waals surface area (Å²) < 4.78 is 11.2. The van der Waals surface area contributed by atoms with Crippen molar-refractivity contribution in [3.05, 3.63) is 22.8 Å². The molecule has 0 aromatic carbocycles. The molecule has 0 radical (unpaired) electrons. The van der Waals surface area contributed by atoms with Crippen LogP contribution in [0.2, 0.25) is 5.15 Å². The number of aromatic nitrogens is 1. The lowest BCUT2D eigenvalue weighted by Gasteiger charge is -2.05. The molecule has 0 amide bonds. The van der Waals surface area contributed by atoms with E-state index in [1.54, 1.807) is 6.07 Å². The Hall–Kier alpha value is -1.12. The number of anilines is 1. The van der Waals surface area contributed by atoms with E-state index in [0.717, 1.165) is 0 Å². The van der Waals surface area contributed by atoms with Gasteiger partial charge < -0.3 is 5.32 Å². The Balaban J connectivity index is 2.57. The number of hydrogen-bond donors (Lipinski definition) is 1. The average Bonchev–Trinajstić information content (AvgIpc) is 2.28. The van der Waals surface area contributed by atoms with Crippen molar-refractivity contribution in [3.63, 3.8) is 0 Å². The van der Waals surface area contributed by atoms with E-state index >= 15 is 0 Å². The summed E-state index contributed by atoms with van der Waals surface area (Å²) in [6.07, 6.45) is 0. The fraction of sp³-hybridized carbons (Fsp3) is 0.400. The van der Waals surface area contributed by atoms with Gasteiger partial charge in [0.05, 0.1) is 11.6 Å². The quantitative estimate of drug-likeness (QED) is 0.817. The molecule has 1 rings (SSSR count). The molecule has 0 spiro atoms. The molecule has 1 unspecified atom stereocenters. The highest BCUT2D eigenvalue weighted by atomic mass is 35.5. The summed E-state index contributed by atoms with van der Waals surface area (Å²) in [7, 11) is -0.801. The SMILES string of the molecule is CCS(=O)CCNc1cc(C#N)cc(Cl)n1. The van der Waals surface area contributed by atoms with Gasteiger partial charge >= 0.3 is 0 Å². The van der Waals surface area contributed by atoms with Crippen LogP contribution in [0.3, 0.4) is 0 Å². The van der Waals surface area contributed by atoms with Crippen LogP contribution in [0.4, 0.5) is 5.82 Å². The largest absolute Gasteiger partial charge is 0.369 e. The summed E-state index contributed by atoms with van der Waals surface area (Å²) >= 11 is 5.74. The predicted octanol–water partition coefficient (Wildman–Crippen LogP) is 1.79. The number of rotatable bonds is 5. The van der Waals surface area contributed by atoms with Crippen molar-refractivity contribution >= 4 is 28.2 Å². The first-order valence-corrected chi connectivity index (χ1v) is 6.69. The van der Waals surface area contributed by atoms with E-state index in [4.69, 9.17) is 16.9 Å². The van der Waals surface area contributed by atoms with E-state index in [1.165, 1.54) is 6.07 Å². The lowest BCUT2D eigenvalue weighted by molar-refractivity contribution is 0.684. The Morgan fingerprint density at radius 3 is 3.00 bits per heavy atom. The minimum atomic E-state index is -0.801. The fourth-order valence-corrected chi connectivity index (χ4v) is 1.92. The van der Waals surface area contributed by atoms with Crippen molar-refractivity contribution in [2.75, 3.05) is 23.4 Å². The summed E-state index contributed by atoms with van der Waals surface area (Å²) in [5, 5.41) is 12.0. The zero-order valence-electron chi connectivity index (χ0n) is 8.86. The number of nitrogens with zero attached hydrogens (tertiary/aromatic N) is 2. The molecular formula is C10H12ClN3OS. The van der Waals surface area contributed by atoms with Crippen molar-refractivity contribution in [2.45, 2.75) is 6.92 Å². The lowest BCUT2D eigenvalue weighted by Crippen LogP contribution is -2.12. The number of nitriles is 1. The van der Waals surface area contributed by atoms with Crippen LogP contribution in [0.5, 0.6) is 0 Å². The molecule has 1 aromatic heterocycles. The summed E-state index contributed by atoms with van der Waals surface area (Å²) in [4.78, 5) is 4.01. The topological polar surface area (TPSA) is 65.8 Å². The first kappa shape index (κ1) is 12.9. The van der Waals surface area contributed by atoms with Crippen LogP contribution >= 0.6 is 11.6 Å². The lowest BCUT2D eigenvalue weighted by atomic mass is 10.3. The molecule has 0 aliphatic rings. The zero-order valence-corrected chi connectivity index (χ0v) is 10.4. The molecule has 0 bridgehead atoms. The third kappa shape index (κ3) is 4.17. The molecule has 1 heterocycles. The third-order valence-corrected chi connectivity index (χ3v) is 3.38. The first-order chi connectivity index (χ1) is 7.65. The number of pyridine rings is 1. The van der Waals surface area contributed by atoms with Crippen LogP contribution in [0.25, 0.3) is 0 Å². The van der Waals surface area contributed by atoms with Crippen molar-refractivity contribution in [3.8, 4) is 6.07 Å². The fourth-order valence-electron chi connectivity index (χ4n) is 1.09. The van der Waals surface area contributed by atoms with Gasteiger partial charge in [-0.15, -0.1) is 0 Å². The molecular weight excluding hydrogens is 246 g/mol. The Morgan fingerprint density at radius 1 is 1.62 bits per heavy atom. The van der Waals surface area contributed by atoms with E-state index in [9.17, 15) is 4.21 Å². The second kappa shape index (κ2) is 6.46. The Bertz CT molecular complexity index is 431. The van der Waals surface area contributed by atoms with Gasteiger partial charge in [0.2, 0.25) is 0 Å². The van der Waals surface area contributed by atoms with Gasteiger partial charge in [-0.05, 0) is 12.1 Å². The predicted molar refractivity (Wildman–Crippen MR) is 66.0 cm³/mol. The summed E-state index contributed by atoms with van der Waals surface area (Å²) in [6, 6.07) is 5.10. The maximum absolute atomic E-state index is 11.2. The van der Waals surface area contributed by atoms with Crippen LogP contribution in [0.1, 0.15) is 12.5 Å². The average molecular weight is 258 g/mol. The Labute approximate surface area is 102 Å². The molecule has 1 atom stereocenters. The normalized spacial score (nSPS) is 11.8. The van der Waals surface area contributed by atoms with Gasteiger partial charge in [-0.3, -0.25) is 4.21 Å². The molecule has 1 N–H and O–H groups in total. The molecule has 16 heavy (non-hydrogen) atoms. The van der Waals surface area contributed by atoms with Crippen molar-refractivity contribution in [1.29, 1.82) is 5.26 Å². The monoisotopic (exact) mass is 257 g/mol. The summed E-state index contributed by atoms with van der Waals surface area (Å²) in [6.45, 7) is 2.43. The Morgan fingerprint density at radius 2 is 2.38 bits per heavy atom. The zero-order chi connectivity index (χ0) is 12.0. The van der Waals surface area contributed by atoms with E-state index in [1.807, 2.05) is 13.0 Å².